The minimum atomic E-state index is -2.05. The molecule has 1 rings (SSSR count). The molecule has 0 aromatic heterocycles. The number of rotatable bonds is 1. The first-order valence-corrected chi connectivity index (χ1v) is 4.90. The van der Waals surface area contributed by atoms with Crippen LogP contribution in [-0.4, -0.2) is 19.4 Å². The van der Waals surface area contributed by atoms with Crippen LogP contribution >= 0.6 is 7.37 Å². The monoisotopic (exact) mass is 134 g/mol. The normalized spacial score (nSPS) is 26.1. The van der Waals surface area contributed by atoms with Crippen LogP contribution in [0.5, 0.6) is 0 Å². The molecule has 0 radical (unpaired) electrons. The fourth-order valence-corrected chi connectivity index (χ4v) is 3.00. The Hall–Kier alpha value is 0.190. The van der Waals surface area contributed by atoms with Crippen molar-refractivity contribution in [3.63, 3.8) is 0 Å². The van der Waals surface area contributed by atoms with Gasteiger partial charge in [-0.15, -0.1) is 0 Å². The quantitative estimate of drug-likeness (QED) is 0.510. The van der Waals surface area contributed by atoms with Crippen LogP contribution in [0.15, 0.2) is 0 Å². The third-order valence-corrected chi connectivity index (χ3v) is 4.24. The molecule has 1 heterocycles. The molecule has 1 fully saturated rings. The smallest absolute Gasteiger partial charge is 0.202 e. The predicted molar refractivity (Wildman–Crippen MR) is 33.6 cm³/mol. The van der Waals surface area contributed by atoms with E-state index in [0.717, 1.165) is 25.2 Å². The van der Waals surface area contributed by atoms with Crippen molar-refractivity contribution >= 4 is 7.37 Å². The summed E-state index contributed by atoms with van der Waals surface area (Å²) in [6.07, 6.45) is 3.79. The van der Waals surface area contributed by atoms with Gasteiger partial charge in [-0.2, -0.15) is 0 Å². The lowest BCUT2D eigenvalue weighted by molar-refractivity contribution is 0.399. The van der Waals surface area contributed by atoms with Gasteiger partial charge in [0, 0.05) is 19.4 Å². The second kappa shape index (κ2) is 2.20. The van der Waals surface area contributed by atoms with E-state index in [4.69, 9.17) is 4.52 Å². The molecule has 1 aliphatic rings. The van der Waals surface area contributed by atoms with Crippen molar-refractivity contribution in [3.8, 4) is 0 Å². The molecule has 3 heteroatoms. The maximum absolute atomic E-state index is 11.2. The van der Waals surface area contributed by atoms with Crippen molar-refractivity contribution in [2.24, 2.45) is 0 Å². The Morgan fingerprint density at radius 3 is 2.12 bits per heavy atom. The van der Waals surface area contributed by atoms with Gasteiger partial charge in [0.25, 0.3) is 0 Å². The van der Waals surface area contributed by atoms with E-state index in [1.807, 2.05) is 0 Å². The van der Waals surface area contributed by atoms with Crippen LogP contribution in [-0.2, 0) is 9.09 Å². The number of hydrogen-bond donors (Lipinski definition) is 0. The van der Waals surface area contributed by atoms with Crippen LogP contribution in [0.1, 0.15) is 12.8 Å². The SMILES string of the molecule is COP1(=O)CCCC1. The maximum Gasteiger partial charge on any atom is 0.202 e. The summed E-state index contributed by atoms with van der Waals surface area (Å²) in [5, 5.41) is 0. The lowest BCUT2D eigenvalue weighted by atomic mass is 10.4. The van der Waals surface area contributed by atoms with Gasteiger partial charge in [0.05, 0.1) is 0 Å². The molecular weight excluding hydrogens is 123 g/mol. The molecule has 0 atom stereocenters. The Kier molecular flexibility index (Phi) is 1.74. The predicted octanol–water partition coefficient (Wildman–Crippen LogP) is 1.70. The first kappa shape index (κ1) is 6.31. The highest BCUT2D eigenvalue weighted by Gasteiger charge is 2.25. The average Bonchev–Trinajstić information content (AvgIpc) is 2.17. The summed E-state index contributed by atoms with van der Waals surface area (Å²) < 4.78 is 16.0. The van der Waals surface area contributed by atoms with E-state index < -0.39 is 7.37 Å². The van der Waals surface area contributed by atoms with Crippen molar-refractivity contribution in [2.45, 2.75) is 12.8 Å². The van der Waals surface area contributed by atoms with Gasteiger partial charge < -0.3 is 4.52 Å². The van der Waals surface area contributed by atoms with E-state index in [1.54, 1.807) is 7.11 Å². The van der Waals surface area contributed by atoms with Gasteiger partial charge in [0.2, 0.25) is 7.37 Å². The van der Waals surface area contributed by atoms with Crippen LogP contribution in [0.4, 0.5) is 0 Å². The molecule has 0 unspecified atom stereocenters. The maximum atomic E-state index is 11.2. The lowest BCUT2D eigenvalue weighted by Gasteiger charge is -2.04. The molecular formula is C5H11O2P. The second-order valence-corrected chi connectivity index (χ2v) is 5.04. The third kappa shape index (κ3) is 1.12. The van der Waals surface area contributed by atoms with Crippen molar-refractivity contribution in [2.75, 3.05) is 19.4 Å². The van der Waals surface area contributed by atoms with E-state index in [-0.39, 0.29) is 0 Å². The molecule has 0 bridgehead atoms. The highest BCUT2D eigenvalue weighted by molar-refractivity contribution is 7.59. The number of hydrogen-bond acceptors (Lipinski definition) is 2. The molecule has 8 heavy (non-hydrogen) atoms. The lowest BCUT2D eigenvalue weighted by Crippen LogP contribution is -1.84. The van der Waals surface area contributed by atoms with E-state index in [9.17, 15) is 4.57 Å². The summed E-state index contributed by atoms with van der Waals surface area (Å²) in [4.78, 5) is 0. The highest BCUT2D eigenvalue weighted by atomic mass is 31.2. The zero-order valence-corrected chi connectivity index (χ0v) is 5.99. The van der Waals surface area contributed by atoms with Crippen molar-refractivity contribution in [1.29, 1.82) is 0 Å². The second-order valence-electron chi connectivity index (χ2n) is 2.15. The van der Waals surface area contributed by atoms with Gasteiger partial charge in [-0.1, -0.05) is 0 Å². The molecule has 0 N–H and O–H groups in total. The standard InChI is InChI=1S/C5H11O2P/c1-7-8(6)4-2-3-5-8/h2-5H2,1H3. The molecule has 48 valence electrons. The molecule has 2 nitrogen and oxygen atoms in total. The summed E-state index contributed by atoms with van der Waals surface area (Å²) in [6.45, 7) is 0. The Morgan fingerprint density at radius 1 is 1.38 bits per heavy atom. The molecule has 0 aromatic rings. The van der Waals surface area contributed by atoms with E-state index in [1.165, 1.54) is 0 Å². The van der Waals surface area contributed by atoms with Crippen molar-refractivity contribution < 1.29 is 9.09 Å². The molecule has 1 saturated heterocycles. The summed E-state index contributed by atoms with van der Waals surface area (Å²) >= 11 is 0. The van der Waals surface area contributed by atoms with Crippen LogP contribution in [0, 0.1) is 0 Å². The van der Waals surface area contributed by atoms with Crippen molar-refractivity contribution in [3.05, 3.63) is 0 Å². The van der Waals surface area contributed by atoms with Gasteiger partial charge in [-0.3, -0.25) is 4.57 Å². The minimum absolute atomic E-state index is 0.809. The third-order valence-electron chi connectivity index (χ3n) is 1.58. The van der Waals surface area contributed by atoms with Crippen LogP contribution < -0.4 is 0 Å². The molecule has 0 spiro atoms. The Morgan fingerprint density at radius 2 is 1.88 bits per heavy atom. The summed E-state index contributed by atoms with van der Waals surface area (Å²) in [5.41, 5.74) is 0. The zero-order valence-electron chi connectivity index (χ0n) is 5.09. The minimum Gasteiger partial charge on any atom is -0.332 e. The van der Waals surface area contributed by atoms with Gasteiger partial charge in [0.15, 0.2) is 0 Å². The molecule has 0 aliphatic carbocycles. The Bertz CT molecular complexity index is 112. The van der Waals surface area contributed by atoms with Crippen LogP contribution in [0.2, 0.25) is 0 Å². The molecule has 0 amide bonds. The van der Waals surface area contributed by atoms with Crippen LogP contribution in [0.3, 0.4) is 0 Å². The van der Waals surface area contributed by atoms with E-state index in [2.05, 4.69) is 0 Å². The zero-order chi connectivity index (χ0) is 6.04. The van der Waals surface area contributed by atoms with Gasteiger partial charge in [-0.05, 0) is 12.8 Å². The molecule has 0 aromatic carbocycles. The summed E-state index contributed by atoms with van der Waals surface area (Å²) in [7, 11) is -0.503. The summed E-state index contributed by atoms with van der Waals surface area (Å²) in [6, 6.07) is 0. The molecule has 0 saturated carbocycles. The van der Waals surface area contributed by atoms with E-state index >= 15 is 0 Å². The fourth-order valence-electron chi connectivity index (χ4n) is 1.000. The highest BCUT2D eigenvalue weighted by Crippen LogP contribution is 2.51. The van der Waals surface area contributed by atoms with Gasteiger partial charge in [0.1, 0.15) is 0 Å². The first-order valence-electron chi connectivity index (χ1n) is 2.91. The summed E-state index contributed by atoms with van der Waals surface area (Å²) in [5.74, 6) is 0. The Balaban J connectivity index is 2.53. The Labute approximate surface area is 49.7 Å². The fraction of sp³-hybridized carbons (Fsp3) is 1.00. The largest absolute Gasteiger partial charge is 0.332 e. The van der Waals surface area contributed by atoms with Crippen molar-refractivity contribution in [1.82, 2.24) is 0 Å². The van der Waals surface area contributed by atoms with Gasteiger partial charge >= 0.3 is 0 Å². The van der Waals surface area contributed by atoms with Crippen LogP contribution in [0.25, 0.3) is 0 Å². The van der Waals surface area contributed by atoms with Gasteiger partial charge in [-0.25, -0.2) is 0 Å². The average molecular weight is 134 g/mol. The van der Waals surface area contributed by atoms with E-state index in [0.29, 0.717) is 0 Å². The first-order chi connectivity index (χ1) is 3.77. The topological polar surface area (TPSA) is 26.3 Å². The molecule has 1 aliphatic heterocycles.